The van der Waals surface area contributed by atoms with Crippen LogP contribution in [0.15, 0.2) is 72.8 Å². The third-order valence-electron chi connectivity index (χ3n) is 6.52. The maximum atomic E-state index is 13.0. The van der Waals surface area contributed by atoms with E-state index in [-0.39, 0.29) is 31.0 Å². The highest BCUT2D eigenvalue weighted by Gasteiger charge is 2.35. The Bertz CT molecular complexity index is 1190. The van der Waals surface area contributed by atoms with Crippen molar-refractivity contribution in [3.05, 3.63) is 101 Å². The molecule has 0 bridgehead atoms. The van der Waals surface area contributed by atoms with Gasteiger partial charge in [0.2, 0.25) is 5.91 Å². The summed E-state index contributed by atoms with van der Waals surface area (Å²) in [6, 6.07) is 24.1. The SMILES string of the molecule is CC(C)c1ccc(C[C@@]2(C)Cc3cc(CC(=O)N(CC(=O)O)Cc4ccccc4)ccc3O2)cc1. The lowest BCUT2D eigenvalue weighted by Crippen LogP contribution is -2.36. The molecule has 5 nitrogen and oxygen atoms in total. The minimum Gasteiger partial charge on any atom is -0.487 e. The molecule has 0 aliphatic carbocycles. The molecule has 0 unspecified atom stereocenters. The molecule has 5 heteroatoms. The summed E-state index contributed by atoms with van der Waals surface area (Å²) in [5.74, 6) is 0.137. The van der Waals surface area contributed by atoms with E-state index in [0.717, 1.165) is 35.3 Å². The molecule has 1 N–H and O–H groups in total. The van der Waals surface area contributed by atoms with Crippen molar-refractivity contribution in [2.75, 3.05) is 6.54 Å². The lowest BCUT2D eigenvalue weighted by atomic mass is 9.90. The number of carboxylic acid groups (broad SMARTS) is 1. The zero-order valence-electron chi connectivity index (χ0n) is 20.7. The van der Waals surface area contributed by atoms with Crippen molar-refractivity contribution < 1.29 is 19.4 Å². The quantitative estimate of drug-likeness (QED) is 0.454. The fourth-order valence-electron chi connectivity index (χ4n) is 4.72. The first-order valence-electron chi connectivity index (χ1n) is 12.1. The minimum atomic E-state index is -1.02. The summed E-state index contributed by atoms with van der Waals surface area (Å²) < 4.78 is 6.34. The Morgan fingerprint density at radius 3 is 2.31 bits per heavy atom. The van der Waals surface area contributed by atoms with Gasteiger partial charge in [0.05, 0.1) is 6.42 Å². The molecule has 1 amide bonds. The van der Waals surface area contributed by atoms with E-state index in [1.807, 2.05) is 48.5 Å². The van der Waals surface area contributed by atoms with Gasteiger partial charge in [0.15, 0.2) is 0 Å². The fraction of sp³-hybridized carbons (Fsp3) is 0.333. The van der Waals surface area contributed by atoms with Crippen LogP contribution in [-0.4, -0.2) is 34.0 Å². The van der Waals surface area contributed by atoms with Crippen LogP contribution in [0.3, 0.4) is 0 Å². The standard InChI is InChI=1S/C30H33NO4/c1-21(2)25-12-9-22(10-13-25)17-30(3)18-26-15-24(11-14-27(26)35-30)16-28(32)31(20-29(33)34)19-23-7-5-4-6-8-23/h4-15,21H,16-20H2,1-3H3,(H,33,34)/t30-/m0/s1. The molecule has 1 atom stereocenters. The largest absolute Gasteiger partial charge is 0.487 e. The van der Waals surface area contributed by atoms with Crippen molar-refractivity contribution in [1.82, 2.24) is 4.90 Å². The Labute approximate surface area is 207 Å². The van der Waals surface area contributed by atoms with Gasteiger partial charge in [-0.1, -0.05) is 80.6 Å². The smallest absolute Gasteiger partial charge is 0.323 e. The van der Waals surface area contributed by atoms with Gasteiger partial charge in [0.1, 0.15) is 17.9 Å². The highest BCUT2D eigenvalue weighted by atomic mass is 16.5. The van der Waals surface area contributed by atoms with Crippen molar-refractivity contribution in [1.29, 1.82) is 0 Å². The summed E-state index contributed by atoms with van der Waals surface area (Å²) in [7, 11) is 0. The topological polar surface area (TPSA) is 66.8 Å². The van der Waals surface area contributed by atoms with E-state index in [4.69, 9.17) is 4.74 Å². The van der Waals surface area contributed by atoms with Crippen LogP contribution < -0.4 is 4.74 Å². The minimum absolute atomic E-state index is 0.154. The molecule has 3 aromatic carbocycles. The van der Waals surface area contributed by atoms with Gasteiger partial charge in [-0.25, -0.2) is 0 Å². The summed E-state index contributed by atoms with van der Waals surface area (Å²) in [5, 5.41) is 9.31. The molecule has 1 aliphatic heterocycles. The van der Waals surface area contributed by atoms with E-state index >= 15 is 0 Å². The van der Waals surface area contributed by atoms with Crippen molar-refractivity contribution in [2.24, 2.45) is 0 Å². The Morgan fingerprint density at radius 1 is 0.971 bits per heavy atom. The van der Waals surface area contributed by atoms with Crippen LogP contribution in [-0.2, 0) is 35.4 Å². The molecular formula is C30H33NO4. The fourth-order valence-corrected chi connectivity index (χ4v) is 4.72. The molecular weight excluding hydrogens is 438 g/mol. The van der Waals surface area contributed by atoms with Crippen LogP contribution in [0.25, 0.3) is 0 Å². The second kappa shape index (κ2) is 10.3. The number of nitrogens with zero attached hydrogens (tertiary/aromatic N) is 1. The molecule has 1 heterocycles. The predicted molar refractivity (Wildman–Crippen MR) is 137 cm³/mol. The summed E-state index contributed by atoms with van der Waals surface area (Å²) in [6.45, 7) is 6.46. The van der Waals surface area contributed by atoms with E-state index in [0.29, 0.717) is 5.92 Å². The highest BCUT2D eigenvalue weighted by Crippen LogP contribution is 2.37. The molecule has 182 valence electrons. The second-order valence-corrected chi connectivity index (χ2v) is 10.0. The van der Waals surface area contributed by atoms with E-state index in [1.165, 1.54) is 16.0 Å². The maximum absolute atomic E-state index is 13.0. The van der Waals surface area contributed by atoms with Crippen molar-refractivity contribution in [3.8, 4) is 5.75 Å². The number of carboxylic acids is 1. The molecule has 1 aliphatic rings. The monoisotopic (exact) mass is 471 g/mol. The van der Waals surface area contributed by atoms with E-state index < -0.39 is 5.97 Å². The van der Waals surface area contributed by atoms with E-state index in [2.05, 4.69) is 45.0 Å². The van der Waals surface area contributed by atoms with Crippen LogP contribution in [0.1, 0.15) is 54.5 Å². The lowest BCUT2D eigenvalue weighted by molar-refractivity contribution is -0.144. The van der Waals surface area contributed by atoms with Crippen LogP contribution in [0.5, 0.6) is 5.75 Å². The Morgan fingerprint density at radius 2 is 1.66 bits per heavy atom. The third kappa shape index (κ3) is 6.30. The normalized spacial score (nSPS) is 16.6. The average molecular weight is 472 g/mol. The molecule has 4 rings (SSSR count). The number of amides is 1. The number of ether oxygens (including phenoxy) is 1. The number of hydrogen-bond acceptors (Lipinski definition) is 3. The van der Waals surface area contributed by atoms with Gasteiger partial charge < -0.3 is 14.7 Å². The van der Waals surface area contributed by atoms with Gasteiger partial charge in [-0.15, -0.1) is 0 Å². The van der Waals surface area contributed by atoms with Gasteiger partial charge in [-0.05, 0) is 46.7 Å². The molecule has 0 saturated carbocycles. The predicted octanol–water partition coefficient (Wildman–Crippen LogP) is 5.40. The van der Waals surface area contributed by atoms with Crippen molar-refractivity contribution in [3.63, 3.8) is 0 Å². The van der Waals surface area contributed by atoms with E-state index in [1.54, 1.807) is 0 Å². The zero-order valence-corrected chi connectivity index (χ0v) is 20.7. The van der Waals surface area contributed by atoms with Gasteiger partial charge in [-0.2, -0.15) is 0 Å². The zero-order chi connectivity index (χ0) is 25.0. The van der Waals surface area contributed by atoms with Gasteiger partial charge in [0.25, 0.3) is 0 Å². The Kier molecular flexibility index (Phi) is 7.25. The first kappa shape index (κ1) is 24.5. The van der Waals surface area contributed by atoms with Gasteiger partial charge >= 0.3 is 5.97 Å². The summed E-state index contributed by atoms with van der Waals surface area (Å²) in [5.41, 5.74) is 5.09. The molecule has 0 radical (unpaired) electrons. The molecule has 35 heavy (non-hydrogen) atoms. The maximum Gasteiger partial charge on any atom is 0.323 e. The van der Waals surface area contributed by atoms with E-state index in [9.17, 15) is 14.7 Å². The summed E-state index contributed by atoms with van der Waals surface area (Å²) in [4.78, 5) is 25.8. The molecule has 0 spiro atoms. The van der Waals surface area contributed by atoms with Crippen molar-refractivity contribution >= 4 is 11.9 Å². The summed E-state index contributed by atoms with van der Waals surface area (Å²) in [6.07, 6.45) is 1.72. The van der Waals surface area contributed by atoms with Crippen LogP contribution in [0.2, 0.25) is 0 Å². The Balaban J connectivity index is 1.43. The molecule has 0 fully saturated rings. The third-order valence-corrected chi connectivity index (χ3v) is 6.52. The van der Waals surface area contributed by atoms with Gasteiger partial charge in [-0.3, -0.25) is 9.59 Å². The number of benzene rings is 3. The number of aliphatic carboxylic acids is 1. The average Bonchev–Trinajstić information content (AvgIpc) is 3.14. The number of hydrogen-bond donors (Lipinski definition) is 1. The van der Waals surface area contributed by atoms with Crippen LogP contribution >= 0.6 is 0 Å². The molecule has 0 aromatic heterocycles. The Hall–Kier alpha value is -3.60. The highest BCUT2D eigenvalue weighted by molar-refractivity contribution is 5.83. The number of carbonyl (C=O) groups excluding carboxylic acids is 1. The number of fused-ring (bicyclic) bond motifs is 1. The molecule has 0 saturated heterocycles. The first-order valence-corrected chi connectivity index (χ1v) is 12.1. The van der Waals surface area contributed by atoms with Crippen LogP contribution in [0, 0.1) is 0 Å². The number of carbonyl (C=O) groups is 2. The number of rotatable bonds is 9. The molecule has 3 aromatic rings. The second-order valence-electron chi connectivity index (χ2n) is 10.0. The van der Waals surface area contributed by atoms with Gasteiger partial charge in [0, 0.05) is 19.4 Å². The van der Waals surface area contributed by atoms with Crippen molar-refractivity contribution in [2.45, 2.75) is 58.1 Å². The van der Waals surface area contributed by atoms with Crippen LogP contribution in [0.4, 0.5) is 0 Å². The lowest BCUT2D eigenvalue weighted by Gasteiger charge is -2.24. The first-order chi connectivity index (χ1) is 16.7. The summed E-state index contributed by atoms with van der Waals surface area (Å²) >= 11 is 0.